The summed E-state index contributed by atoms with van der Waals surface area (Å²) in [5, 5.41) is 9.79. The van der Waals surface area contributed by atoms with Crippen LogP contribution < -0.4 is 9.75 Å². The third-order valence-electron chi connectivity index (χ3n) is 4.37. The average Bonchev–Trinajstić information content (AvgIpc) is 3.28. The standard InChI is InChI=1S/C20H18BrN3OS/c1-13-10-19(14-6-8-17(25-2)9-7-14)24(23-13)20-22-18(12-26-20)15-4-3-5-16(21)11-15/h3-9,11-12,19H,10H2,1-2H3/t19-/m0/s1. The number of halogens is 1. The molecule has 4 rings (SSSR count). The Morgan fingerprint density at radius 1 is 1.19 bits per heavy atom. The van der Waals surface area contributed by atoms with E-state index in [0.29, 0.717) is 0 Å². The molecule has 132 valence electrons. The van der Waals surface area contributed by atoms with Gasteiger partial charge in [-0.25, -0.2) is 9.99 Å². The molecule has 2 heterocycles. The molecule has 1 aliphatic rings. The molecule has 1 atom stereocenters. The first-order valence-corrected chi connectivity index (χ1v) is 10.00. The van der Waals surface area contributed by atoms with Crippen LogP contribution in [0.3, 0.4) is 0 Å². The lowest BCUT2D eigenvalue weighted by atomic mass is 10.0. The van der Waals surface area contributed by atoms with Gasteiger partial charge in [-0.15, -0.1) is 11.3 Å². The summed E-state index contributed by atoms with van der Waals surface area (Å²) < 4.78 is 6.32. The van der Waals surface area contributed by atoms with Crippen LogP contribution in [0.4, 0.5) is 5.13 Å². The monoisotopic (exact) mass is 427 g/mol. The van der Waals surface area contributed by atoms with Crippen molar-refractivity contribution in [3.05, 3.63) is 63.9 Å². The number of anilines is 1. The summed E-state index contributed by atoms with van der Waals surface area (Å²) in [6.07, 6.45) is 0.901. The first-order valence-electron chi connectivity index (χ1n) is 8.33. The largest absolute Gasteiger partial charge is 0.497 e. The van der Waals surface area contributed by atoms with Crippen molar-refractivity contribution in [1.82, 2.24) is 4.98 Å². The van der Waals surface area contributed by atoms with Crippen molar-refractivity contribution in [3.63, 3.8) is 0 Å². The van der Waals surface area contributed by atoms with Crippen LogP contribution in [-0.4, -0.2) is 17.8 Å². The molecule has 26 heavy (non-hydrogen) atoms. The summed E-state index contributed by atoms with van der Waals surface area (Å²) in [5.41, 5.74) is 4.40. The molecular formula is C20H18BrN3OS. The van der Waals surface area contributed by atoms with Gasteiger partial charge in [0.15, 0.2) is 0 Å². The van der Waals surface area contributed by atoms with E-state index in [1.165, 1.54) is 5.56 Å². The van der Waals surface area contributed by atoms with Crippen molar-refractivity contribution in [1.29, 1.82) is 0 Å². The van der Waals surface area contributed by atoms with Crippen molar-refractivity contribution in [3.8, 4) is 17.0 Å². The fraction of sp³-hybridized carbons (Fsp3) is 0.200. The molecular weight excluding hydrogens is 410 g/mol. The van der Waals surface area contributed by atoms with Gasteiger partial charge in [0.1, 0.15) is 5.75 Å². The Morgan fingerprint density at radius 2 is 2.00 bits per heavy atom. The topological polar surface area (TPSA) is 37.7 Å². The Hall–Kier alpha value is -2.18. The molecule has 4 nitrogen and oxygen atoms in total. The number of aromatic nitrogens is 1. The van der Waals surface area contributed by atoms with Crippen LogP contribution in [0.1, 0.15) is 24.9 Å². The number of benzene rings is 2. The fourth-order valence-corrected chi connectivity index (χ4v) is 4.30. The molecule has 0 unspecified atom stereocenters. The van der Waals surface area contributed by atoms with E-state index in [1.54, 1.807) is 18.4 Å². The molecule has 0 spiro atoms. The maximum atomic E-state index is 5.27. The van der Waals surface area contributed by atoms with Gasteiger partial charge in [0.05, 0.1) is 18.8 Å². The highest BCUT2D eigenvalue weighted by atomic mass is 79.9. The van der Waals surface area contributed by atoms with E-state index < -0.39 is 0 Å². The van der Waals surface area contributed by atoms with Crippen LogP contribution in [0.25, 0.3) is 11.3 Å². The molecule has 1 aliphatic heterocycles. The average molecular weight is 428 g/mol. The Morgan fingerprint density at radius 3 is 2.73 bits per heavy atom. The zero-order valence-electron chi connectivity index (χ0n) is 14.5. The Bertz CT molecular complexity index is 952. The molecule has 0 saturated carbocycles. The summed E-state index contributed by atoms with van der Waals surface area (Å²) in [7, 11) is 1.68. The number of nitrogens with zero attached hydrogens (tertiary/aromatic N) is 3. The quantitative estimate of drug-likeness (QED) is 0.519. The highest BCUT2D eigenvalue weighted by molar-refractivity contribution is 9.10. The zero-order chi connectivity index (χ0) is 18.1. The first-order chi connectivity index (χ1) is 12.6. The minimum Gasteiger partial charge on any atom is -0.497 e. The second-order valence-corrected chi connectivity index (χ2v) is 7.95. The number of hydrogen-bond acceptors (Lipinski definition) is 5. The molecule has 0 amide bonds. The summed E-state index contributed by atoms with van der Waals surface area (Å²) in [5.74, 6) is 0.863. The summed E-state index contributed by atoms with van der Waals surface area (Å²) >= 11 is 5.15. The summed E-state index contributed by atoms with van der Waals surface area (Å²) in [4.78, 5) is 4.84. The van der Waals surface area contributed by atoms with Crippen LogP contribution in [-0.2, 0) is 0 Å². The molecule has 2 aromatic carbocycles. The number of methoxy groups -OCH3 is 1. The van der Waals surface area contributed by atoms with Crippen LogP contribution >= 0.6 is 27.3 Å². The van der Waals surface area contributed by atoms with E-state index in [4.69, 9.17) is 14.8 Å². The third kappa shape index (κ3) is 3.39. The fourth-order valence-electron chi connectivity index (χ4n) is 3.07. The molecule has 3 aromatic rings. The van der Waals surface area contributed by atoms with Gasteiger partial charge in [-0.3, -0.25) is 0 Å². The maximum Gasteiger partial charge on any atom is 0.207 e. The lowest BCUT2D eigenvalue weighted by Crippen LogP contribution is -2.18. The van der Waals surface area contributed by atoms with Crippen LogP contribution in [0.2, 0.25) is 0 Å². The van der Waals surface area contributed by atoms with E-state index in [0.717, 1.165) is 38.7 Å². The minimum absolute atomic E-state index is 0.169. The SMILES string of the molecule is COc1ccc([C@@H]2CC(C)=NN2c2nc(-c3cccc(Br)c3)cs2)cc1. The smallest absolute Gasteiger partial charge is 0.207 e. The van der Waals surface area contributed by atoms with Crippen molar-refractivity contribution >= 4 is 38.1 Å². The number of hydrogen-bond donors (Lipinski definition) is 0. The van der Waals surface area contributed by atoms with Crippen molar-refractivity contribution in [2.24, 2.45) is 5.10 Å². The summed E-state index contributed by atoms with van der Waals surface area (Å²) in [6.45, 7) is 2.07. The van der Waals surface area contributed by atoms with Gasteiger partial charge in [0, 0.05) is 27.5 Å². The Balaban J connectivity index is 1.64. The molecule has 0 saturated heterocycles. The number of thiazole rings is 1. The highest BCUT2D eigenvalue weighted by Gasteiger charge is 2.29. The van der Waals surface area contributed by atoms with Gasteiger partial charge < -0.3 is 4.74 Å². The predicted octanol–water partition coefficient (Wildman–Crippen LogP) is 5.91. The molecule has 1 aromatic heterocycles. The van der Waals surface area contributed by atoms with Crippen molar-refractivity contribution in [2.75, 3.05) is 12.1 Å². The lowest BCUT2D eigenvalue weighted by molar-refractivity contribution is 0.414. The number of ether oxygens (including phenoxy) is 1. The highest BCUT2D eigenvalue weighted by Crippen LogP contribution is 2.38. The minimum atomic E-state index is 0.169. The second-order valence-electron chi connectivity index (χ2n) is 6.20. The van der Waals surface area contributed by atoms with Gasteiger partial charge in [0.25, 0.3) is 0 Å². The zero-order valence-corrected chi connectivity index (χ0v) is 16.9. The van der Waals surface area contributed by atoms with E-state index in [-0.39, 0.29) is 6.04 Å². The number of hydrazone groups is 1. The van der Waals surface area contributed by atoms with Crippen molar-refractivity contribution in [2.45, 2.75) is 19.4 Å². The van der Waals surface area contributed by atoms with Gasteiger partial charge in [-0.1, -0.05) is 40.2 Å². The molecule has 0 fully saturated rings. The first kappa shape index (κ1) is 17.2. The van der Waals surface area contributed by atoms with Gasteiger partial charge in [-0.05, 0) is 36.8 Å². The van der Waals surface area contributed by atoms with E-state index in [2.05, 4.69) is 52.5 Å². The van der Waals surface area contributed by atoms with Crippen molar-refractivity contribution < 1.29 is 4.74 Å². The lowest BCUT2D eigenvalue weighted by Gasteiger charge is -2.21. The van der Waals surface area contributed by atoms with Gasteiger partial charge in [-0.2, -0.15) is 5.10 Å². The Labute approximate surface area is 165 Å². The Kier molecular flexibility index (Phi) is 4.78. The summed E-state index contributed by atoms with van der Waals surface area (Å²) in [6, 6.07) is 16.6. The molecule has 0 radical (unpaired) electrons. The normalized spacial score (nSPS) is 16.7. The van der Waals surface area contributed by atoms with E-state index in [9.17, 15) is 0 Å². The van der Waals surface area contributed by atoms with Crippen LogP contribution in [0.5, 0.6) is 5.75 Å². The molecule has 0 bridgehead atoms. The van der Waals surface area contributed by atoms with E-state index >= 15 is 0 Å². The van der Waals surface area contributed by atoms with Gasteiger partial charge in [0.2, 0.25) is 5.13 Å². The molecule has 0 N–H and O–H groups in total. The predicted molar refractivity (Wildman–Crippen MR) is 111 cm³/mol. The third-order valence-corrected chi connectivity index (χ3v) is 5.69. The molecule has 0 aliphatic carbocycles. The molecule has 6 heteroatoms. The van der Waals surface area contributed by atoms with Crippen LogP contribution in [0.15, 0.2) is 63.5 Å². The van der Waals surface area contributed by atoms with E-state index in [1.807, 2.05) is 29.3 Å². The van der Waals surface area contributed by atoms with Gasteiger partial charge >= 0.3 is 0 Å². The second kappa shape index (κ2) is 7.21. The van der Waals surface area contributed by atoms with Crippen LogP contribution in [0, 0.1) is 0 Å². The number of rotatable bonds is 4. The maximum absolute atomic E-state index is 5.27.